The van der Waals surface area contributed by atoms with Gasteiger partial charge in [-0.3, -0.25) is 14.2 Å². The number of hydrogen-bond donors (Lipinski definition) is 1. The first-order valence-corrected chi connectivity index (χ1v) is 11.0. The summed E-state index contributed by atoms with van der Waals surface area (Å²) in [5.74, 6) is -0.105. The summed E-state index contributed by atoms with van der Waals surface area (Å²) in [5, 5.41) is 3.58. The number of rotatable bonds is 6. The van der Waals surface area contributed by atoms with Crippen molar-refractivity contribution in [2.75, 3.05) is 0 Å². The third-order valence-corrected chi connectivity index (χ3v) is 6.05. The predicted molar refractivity (Wildman–Crippen MR) is 126 cm³/mol. The molecule has 1 amide bonds. The van der Waals surface area contributed by atoms with Gasteiger partial charge in [0.05, 0.1) is 21.8 Å². The Balaban J connectivity index is 1.65. The standard InChI is InChI=1S/C25H23N3O2S/c1-17-12-14-20(15-13-17)28-24(30)21-10-6-7-11-22(21)27-25(28)31-18(2)23(29)26-16-19-8-4-3-5-9-19/h3-15,18H,16H2,1-2H3,(H,26,29). The Bertz CT molecular complexity index is 1270. The number of nitrogens with zero attached hydrogens (tertiary/aromatic N) is 2. The van der Waals surface area contributed by atoms with Gasteiger partial charge < -0.3 is 5.32 Å². The Morgan fingerprint density at radius 2 is 1.68 bits per heavy atom. The maximum Gasteiger partial charge on any atom is 0.266 e. The van der Waals surface area contributed by atoms with E-state index in [0.29, 0.717) is 22.6 Å². The number of para-hydroxylation sites is 1. The second kappa shape index (κ2) is 9.18. The number of benzene rings is 3. The second-order valence-corrected chi connectivity index (χ2v) is 8.66. The number of nitrogens with one attached hydrogen (secondary N) is 1. The molecule has 0 spiro atoms. The molecule has 0 aliphatic carbocycles. The van der Waals surface area contributed by atoms with Gasteiger partial charge in [0.15, 0.2) is 5.16 Å². The first-order valence-electron chi connectivity index (χ1n) is 10.1. The number of aromatic nitrogens is 2. The lowest BCUT2D eigenvalue weighted by molar-refractivity contribution is -0.120. The van der Waals surface area contributed by atoms with Gasteiger partial charge in [0.2, 0.25) is 5.91 Å². The quantitative estimate of drug-likeness (QED) is 0.362. The molecule has 1 aromatic heterocycles. The highest BCUT2D eigenvalue weighted by molar-refractivity contribution is 8.00. The highest BCUT2D eigenvalue weighted by Crippen LogP contribution is 2.25. The van der Waals surface area contributed by atoms with Crippen molar-refractivity contribution in [3.63, 3.8) is 0 Å². The molecule has 0 radical (unpaired) electrons. The smallest absolute Gasteiger partial charge is 0.266 e. The fourth-order valence-corrected chi connectivity index (χ4v) is 4.20. The van der Waals surface area contributed by atoms with Crippen molar-refractivity contribution in [3.8, 4) is 5.69 Å². The fraction of sp³-hybridized carbons (Fsp3) is 0.160. The molecule has 3 aromatic carbocycles. The average Bonchev–Trinajstić information content (AvgIpc) is 2.79. The van der Waals surface area contributed by atoms with E-state index in [9.17, 15) is 9.59 Å². The number of aryl methyl sites for hydroxylation is 1. The Kier molecular flexibility index (Phi) is 6.18. The molecule has 1 atom stereocenters. The molecule has 4 aromatic rings. The lowest BCUT2D eigenvalue weighted by Crippen LogP contribution is -2.31. The van der Waals surface area contributed by atoms with E-state index in [-0.39, 0.29) is 11.5 Å². The molecule has 0 saturated heterocycles. The van der Waals surface area contributed by atoms with Gasteiger partial charge in [-0.25, -0.2) is 4.98 Å². The van der Waals surface area contributed by atoms with Gasteiger partial charge in [-0.15, -0.1) is 0 Å². The van der Waals surface area contributed by atoms with Crippen LogP contribution in [0, 0.1) is 6.92 Å². The summed E-state index contributed by atoms with van der Waals surface area (Å²) in [5.41, 5.74) is 3.35. The molecular weight excluding hydrogens is 406 g/mol. The van der Waals surface area contributed by atoms with Crippen molar-refractivity contribution in [2.24, 2.45) is 0 Å². The first-order chi connectivity index (χ1) is 15.0. The number of carbonyl (C=O) groups is 1. The number of fused-ring (bicyclic) bond motifs is 1. The van der Waals surface area contributed by atoms with Crippen molar-refractivity contribution in [3.05, 3.63) is 100 Å². The minimum Gasteiger partial charge on any atom is -0.351 e. The highest BCUT2D eigenvalue weighted by atomic mass is 32.2. The molecule has 6 heteroatoms. The maximum atomic E-state index is 13.3. The highest BCUT2D eigenvalue weighted by Gasteiger charge is 2.20. The van der Waals surface area contributed by atoms with E-state index in [2.05, 4.69) is 5.32 Å². The molecule has 156 valence electrons. The molecule has 0 bridgehead atoms. The Labute approximate surface area is 185 Å². The van der Waals surface area contributed by atoms with Crippen LogP contribution in [0.25, 0.3) is 16.6 Å². The molecular formula is C25H23N3O2S. The van der Waals surface area contributed by atoms with Gasteiger partial charge >= 0.3 is 0 Å². The van der Waals surface area contributed by atoms with Crippen molar-refractivity contribution >= 4 is 28.6 Å². The Hall–Kier alpha value is -3.38. The monoisotopic (exact) mass is 429 g/mol. The summed E-state index contributed by atoms with van der Waals surface area (Å²) in [4.78, 5) is 30.7. The molecule has 1 N–H and O–H groups in total. The molecule has 5 nitrogen and oxygen atoms in total. The van der Waals surface area contributed by atoms with Crippen molar-refractivity contribution in [1.82, 2.24) is 14.9 Å². The Morgan fingerprint density at radius 3 is 2.42 bits per heavy atom. The van der Waals surface area contributed by atoms with Gasteiger partial charge in [0.1, 0.15) is 0 Å². The topological polar surface area (TPSA) is 64.0 Å². The Morgan fingerprint density at radius 1 is 1.00 bits per heavy atom. The zero-order chi connectivity index (χ0) is 21.8. The third kappa shape index (κ3) is 4.70. The van der Waals surface area contributed by atoms with Gasteiger partial charge in [0.25, 0.3) is 5.56 Å². The summed E-state index contributed by atoms with van der Waals surface area (Å²) in [7, 11) is 0. The molecule has 0 aliphatic heterocycles. The van der Waals surface area contributed by atoms with E-state index in [1.165, 1.54) is 11.8 Å². The van der Waals surface area contributed by atoms with Gasteiger partial charge in [-0.1, -0.05) is 71.9 Å². The fourth-order valence-electron chi connectivity index (χ4n) is 3.25. The molecule has 1 unspecified atom stereocenters. The summed E-state index contributed by atoms with van der Waals surface area (Å²) in [6.45, 7) is 4.28. The van der Waals surface area contributed by atoms with Crippen LogP contribution in [-0.4, -0.2) is 20.7 Å². The summed E-state index contributed by atoms with van der Waals surface area (Å²) >= 11 is 1.28. The normalized spacial score (nSPS) is 11.9. The van der Waals surface area contributed by atoms with Crippen LogP contribution >= 0.6 is 11.8 Å². The number of amides is 1. The van der Waals surface area contributed by atoms with E-state index in [4.69, 9.17) is 4.98 Å². The van der Waals surface area contributed by atoms with Gasteiger partial charge in [-0.2, -0.15) is 0 Å². The van der Waals surface area contributed by atoms with Crippen molar-refractivity contribution in [1.29, 1.82) is 0 Å². The van der Waals surface area contributed by atoms with Crippen molar-refractivity contribution in [2.45, 2.75) is 30.8 Å². The van der Waals surface area contributed by atoms with E-state index in [1.54, 1.807) is 10.6 Å². The van der Waals surface area contributed by atoms with Crippen LogP contribution in [0.5, 0.6) is 0 Å². The minimum absolute atomic E-state index is 0.105. The second-order valence-electron chi connectivity index (χ2n) is 7.35. The van der Waals surface area contributed by atoms with Gasteiger partial charge in [-0.05, 0) is 43.7 Å². The largest absolute Gasteiger partial charge is 0.351 e. The van der Waals surface area contributed by atoms with Gasteiger partial charge in [0, 0.05) is 6.54 Å². The zero-order valence-electron chi connectivity index (χ0n) is 17.4. The molecule has 1 heterocycles. The molecule has 31 heavy (non-hydrogen) atoms. The van der Waals surface area contributed by atoms with E-state index >= 15 is 0 Å². The summed E-state index contributed by atoms with van der Waals surface area (Å²) < 4.78 is 1.59. The maximum absolute atomic E-state index is 13.3. The molecule has 0 saturated carbocycles. The molecule has 0 fully saturated rings. The van der Waals surface area contributed by atoms with Crippen LogP contribution < -0.4 is 10.9 Å². The first kappa shape index (κ1) is 20.9. The molecule has 0 aliphatic rings. The van der Waals surface area contributed by atoms with Crippen LogP contribution in [0.2, 0.25) is 0 Å². The third-order valence-electron chi connectivity index (χ3n) is 5.00. The predicted octanol–water partition coefficient (Wildman–Crippen LogP) is 4.49. The summed E-state index contributed by atoms with van der Waals surface area (Å²) in [6.07, 6.45) is 0. The SMILES string of the molecule is Cc1ccc(-n2c(SC(C)C(=O)NCc3ccccc3)nc3ccccc3c2=O)cc1. The van der Waals surface area contributed by atoms with E-state index in [1.807, 2.05) is 86.6 Å². The average molecular weight is 430 g/mol. The van der Waals surface area contributed by atoms with Crippen LogP contribution in [0.3, 0.4) is 0 Å². The van der Waals surface area contributed by atoms with E-state index in [0.717, 1.165) is 16.8 Å². The van der Waals surface area contributed by atoms with Crippen molar-refractivity contribution < 1.29 is 4.79 Å². The van der Waals surface area contributed by atoms with Crippen LogP contribution in [-0.2, 0) is 11.3 Å². The zero-order valence-corrected chi connectivity index (χ0v) is 18.2. The van der Waals surface area contributed by atoms with Crippen LogP contribution in [0.4, 0.5) is 0 Å². The van der Waals surface area contributed by atoms with Crippen LogP contribution in [0.1, 0.15) is 18.1 Å². The lowest BCUT2D eigenvalue weighted by atomic mass is 10.2. The minimum atomic E-state index is -0.423. The number of hydrogen-bond acceptors (Lipinski definition) is 4. The number of carbonyl (C=O) groups excluding carboxylic acids is 1. The molecule has 4 rings (SSSR count). The summed E-state index contributed by atoms with van der Waals surface area (Å²) in [6, 6.07) is 24.8. The van der Waals surface area contributed by atoms with E-state index < -0.39 is 5.25 Å². The lowest BCUT2D eigenvalue weighted by Gasteiger charge is -2.16. The van der Waals surface area contributed by atoms with Crippen LogP contribution in [0.15, 0.2) is 88.8 Å². The number of thioether (sulfide) groups is 1.